The van der Waals surface area contributed by atoms with Crippen molar-refractivity contribution in [3.63, 3.8) is 0 Å². The minimum atomic E-state index is 0.121. The lowest BCUT2D eigenvalue weighted by Crippen LogP contribution is -2.42. The van der Waals surface area contributed by atoms with Gasteiger partial charge in [-0.15, -0.1) is 0 Å². The highest BCUT2D eigenvalue weighted by Crippen LogP contribution is 2.33. The lowest BCUT2D eigenvalue weighted by atomic mass is 10.0. The van der Waals surface area contributed by atoms with Gasteiger partial charge in [-0.25, -0.2) is 0 Å². The van der Waals surface area contributed by atoms with Crippen LogP contribution in [0.1, 0.15) is 45.2 Å². The fraction of sp³-hybridized carbons (Fsp3) is 0.611. The summed E-state index contributed by atoms with van der Waals surface area (Å²) in [4.78, 5) is 14.5. The first kappa shape index (κ1) is 16.8. The number of likely N-dealkylation sites (tertiary alicyclic amines) is 1. The van der Waals surface area contributed by atoms with Crippen molar-refractivity contribution >= 4 is 5.91 Å². The Morgan fingerprint density at radius 3 is 2.86 bits per heavy atom. The molecule has 2 unspecified atom stereocenters. The Morgan fingerprint density at radius 2 is 2.18 bits per heavy atom. The minimum Gasteiger partial charge on any atom is -0.497 e. The summed E-state index contributed by atoms with van der Waals surface area (Å²) in [5.41, 5.74) is 1.24. The molecule has 1 heterocycles. The van der Waals surface area contributed by atoms with Gasteiger partial charge in [-0.1, -0.05) is 26.0 Å². The summed E-state index contributed by atoms with van der Waals surface area (Å²) < 4.78 is 5.31. The summed E-state index contributed by atoms with van der Waals surface area (Å²) in [5.74, 6) is 1.45. The zero-order valence-electron chi connectivity index (χ0n) is 14.1. The van der Waals surface area contributed by atoms with E-state index in [1.165, 1.54) is 5.56 Å². The zero-order chi connectivity index (χ0) is 16.1. The lowest BCUT2D eigenvalue weighted by Gasteiger charge is -2.26. The third-order valence-corrected chi connectivity index (χ3v) is 4.58. The van der Waals surface area contributed by atoms with Crippen molar-refractivity contribution in [3.05, 3.63) is 29.8 Å². The molecule has 0 aliphatic carbocycles. The van der Waals surface area contributed by atoms with Crippen molar-refractivity contribution in [3.8, 4) is 5.75 Å². The third-order valence-electron chi connectivity index (χ3n) is 4.58. The molecule has 0 saturated carbocycles. The normalized spacial score (nSPS) is 20.1. The molecular weight excluding hydrogens is 276 g/mol. The van der Waals surface area contributed by atoms with Crippen LogP contribution in [0.5, 0.6) is 5.75 Å². The number of hydrogen-bond acceptors (Lipinski definition) is 3. The van der Waals surface area contributed by atoms with Crippen molar-refractivity contribution in [1.29, 1.82) is 0 Å². The van der Waals surface area contributed by atoms with Crippen LogP contribution in [0.15, 0.2) is 24.3 Å². The van der Waals surface area contributed by atoms with E-state index >= 15 is 0 Å². The smallest absolute Gasteiger partial charge is 0.234 e. The maximum atomic E-state index is 12.2. The van der Waals surface area contributed by atoms with Crippen LogP contribution < -0.4 is 10.1 Å². The van der Waals surface area contributed by atoms with Gasteiger partial charge in [-0.2, -0.15) is 0 Å². The van der Waals surface area contributed by atoms with E-state index in [-0.39, 0.29) is 11.9 Å². The zero-order valence-corrected chi connectivity index (χ0v) is 14.1. The van der Waals surface area contributed by atoms with Gasteiger partial charge in [-0.05, 0) is 49.9 Å². The second kappa shape index (κ2) is 7.63. The Kier molecular flexibility index (Phi) is 5.83. The number of amides is 1. The van der Waals surface area contributed by atoms with Crippen molar-refractivity contribution in [1.82, 2.24) is 10.2 Å². The standard InChI is InChI=1S/C18H28N2O2/c1-13(2)14(3)19-18(21)12-20-10-6-9-17(20)15-7-5-8-16(11-15)22-4/h5,7-8,11,13-14,17H,6,9-10,12H2,1-4H3,(H,19,21). The fourth-order valence-electron chi connectivity index (χ4n) is 2.89. The number of ether oxygens (including phenoxy) is 1. The first-order valence-electron chi connectivity index (χ1n) is 8.18. The number of benzene rings is 1. The van der Waals surface area contributed by atoms with E-state index in [2.05, 4.69) is 43.1 Å². The van der Waals surface area contributed by atoms with Gasteiger partial charge in [0.05, 0.1) is 13.7 Å². The predicted molar refractivity (Wildman–Crippen MR) is 89.0 cm³/mol. The molecule has 122 valence electrons. The summed E-state index contributed by atoms with van der Waals surface area (Å²) >= 11 is 0. The number of hydrogen-bond donors (Lipinski definition) is 1. The number of carbonyl (C=O) groups excluding carboxylic acids is 1. The molecule has 1 aliphatic rings. The third kappa shape index (κ3) is 4.23. The molecule has 2 rings (SSSR count). The predicted octanol–water partition coefficient (Wildman–Crippen LogP) is 2.99. The molecule has 1 aromatic carbocycles. The first-order valence-corrected chi connectivity index (χ1v) is 8.18. The van der Waals surface area contributed by atoms with E-state index in [9.17, 15) is 4.79 Å². The molecule has 1 saturated heterocycles. The number of methoxy groups -OCH3 is 1. The molecule has 0 aromatic heterocycles. The molecule has 1 fully saturated rings. The number of rotatable bonds is 6. The van der Waals surface area contributed by atoms with Gasteiger partial charge < -0.3 is 10.1 Å². The van der Waals surface area contributed by atoms with Crippen LogP contribution in [0.4, 0.5) is 0 Å². The summed E-state index contributed by atoms with van der Waals surface area (Å²) in [6, 6.07) is 8.71. The topological polar surface area (TPSA) is 41.6 Å². The Morgan fingerprint density at radius 1 is 1.41 bits per heavy atom. The SMILES string of the molecule is COc1cccc(C2CCCN2CC(=O)NC(C)C(C)C)c1. The molecular formula is C18H28N2O2. The molecule has 1 aromatic rings. The maximum absolute atomic E-state index is 12.2. The van der Waals surface area contributed by atoms with Gasteiger partial charge in [0.25, 0.3) is 0 Å². The van der Waals surface area contributed by atoms with Crippen LogP contribution in [0.25, 0.3) is 0 Å². The van der Waals surface area contributed by atoms with E-state index < -0.39 is 0 Å². The van der Waals surface area contributed by atoms with Gasteiger partial charge in [0, 0.05) is 12.1 Å². The lowest BCUT2D eigenvalue weighted by molar-refractivity contribution is -0.123. The van der Waals surface area contributed by atoms with Gasteiger partial charge in [0.15, 0.2) is 0 Å². The second-order valence-electron chi connectivity index (χ2n) is 6.51. The van der Waals surface area contributed by atoms with Gasteiger partial charge in [0.2, 0.25) is 5.91 Å². The maximum Gasteiger partial charge on any atom is 0.234 e. The molecule has 0 bridgehead atoms. The van der Waals surface area contributed by atoms with Crippen molar-refractivity contribution in [2.45, 2.75) is 45.7 Å². The van der Waals surface area contributed by atoms with Crippen LogP contribution in [-0.4, -0.2) is 37.0 Å². The molecule has 4 nitrogen and oxygen atoms in total. The van der Waals surface area contributed by atoms with E-state index in [4.69, 9.17) is 4.74 Å². The Hall–Kier alpha value is -1.55. The molecule has 1 N–H and O–H groups in total. The largest absolute Gasteiger partial charge is 0.497 e. The second-order valence-corrected chi connectivity index (χ2v) is 6.51. The van der Waals surface area contributed by atoms with Crippen LogP contribution in [0.3, 0.4) is 0 Å². The highest BCUT2D eigenvalue weighted by molar-refractivity contribution is 5.78. The first-order chi connectivity index (χ1) is 10.5. The number of nitrogens with zero attached hydrogens (tertiary/aromatic N) is 1. The Balaban J connectivity index is 1.99. The van der Waals surface area contributed by atoms with E-state index in [1.54, 1.807) is 7.11 Å². The van der Waals surface area contributed by atoms with Crippen LogP contribution in [0, 0.1) is 5.92 Å². The van der Waals surface area contributed by atoms with E-state index in [0.717, 1.165) is 25.1 Å². The molecule has 0 radical (unpaired) electrons. The average Bonchev–Trinajstić information content (AvgIpc) is 2.95. The molecule has 1 aliphatic heterocycles. The highest BCUT2D eigenvalue weighted by atomic mass is 16.5. The summed E-state index contributed by atoms with van der Waals surface area (Å²) in [6.45, 7) is 7.76. The molecule has 2 atom stereocenters. The van der Waals surface area contributed by atoms with Crippen molar-refractivity contribution < 1.29 is 9.53 Å². The number of carbonyl (C=O) groups is 1. The van der Waals surface area contributed by atoms with Crippen LogP contribution >= 0.6 is 0 Å². The Bertz CT molecular complexity index is 502. The Labute approximate surface area is 133 Å². The summed E-state index contributed by atoms with van der Waals surface area (Å²) in [6.07, 6.45) is 2.23. The van der Waals surface area contributed by atoms with Gasteiger partial charge in [-0.3, -0.25) is 9.69 Å². The van der Waals surface area contributed by atoms with E-state index in [1.807, 2.05) is 12.1 Å². The average molecular weight is 304 g/mol. The quantitative estimate of drug-likeness (QED) is 0.878. The highest BCUT2D eigenvalue weighted by Gasteiger charge is 2.28. The molecule has 0 spiro atoms. The molecule has 22 heavy (non-hydrogen) atoms. The minimum absolute atomic E-state index is 0.121. The van der Waals surface area contributed by atoms with E-state index in [0.29, 0.717) is 18.5 Å². The monoisotopic (exact) mass is 304 g/mol. The summed E-state index contributed by atoms with van der Waals surface area (Å²) in [5, 5.41) is 3.10. The molecule has 4 heteroatoms. The summed E-state index contributed by atoms with van der Waals surface area (Å²) in [7, 11) is 1.69. The van der Waals surface area contributed by atoms with Gasteiger partial charge >= 0.3 is 0 Å². The number of nitrogens with one attached hydrogen (secondary N) is 1. The van der Waals surface area contributed by atoms with Gasteiger partial charge in [0.1, 0.15) is 5.75 Å². The van der Waals surface area contributed by atoms with Crippen LogP contribution in [0.2, 0.25) is 0 Å². The van der Waals surface area contributed by atoms with Crippen molar-refractivity contribution in [2.24, 2.45) is 5.92 Å². The molecule has 1 amide bonds. The fourth-order valence-corrected chi connectivity index (χ4v) is 2.89. The van der Waals surface area contributed by atoms with Crippen LogP contribution in [-0.2, 0) is 4.79 Å². The van der Waals surface area contributed by atoms with Crippen molar-refractivity contribution in [2.75, 3.05) is 20.2 Å².